The summed E-state index contributed by atoms with van der Waals surface area (Å²) in [7, 11) is 0. The second-order valence-electron chi connectivity index (χ2n) is 2.81. The summed E-state index contributed by atoms with van der Waals surface area (Å²) in [6.07, 6.45) is 0. The van der Waals surface area contributed by atoms with E-state index in [0.29, 0.717) is 0 Å². The normalized spacial score (nSPS) is 10.4. The number of rotatable bonds is 2. The number of benzene rings is 1. The standard InChI is InChI=1S/C9H8N2O2S/c10-11-7-4-14-8-2-1-5(9(12)13)3-6(7)8/h1-4,11H,10H2,(H,12,13). The van der Waals surface area contributed by atoms with Gasteiger partial charge in [-0.1, -0.05) is 0 Å². The van der Waals surface area contributed by atoms with Gasteiger partial charge in [-0.25, -0.2) is 4.79 Å². The predicted molar refractivity (Wildman–Crippen MR) is 56.6 cm³/mol. The lowest BCUT2D eigenvalue weighted by atomic mass is 10.1. The number of nitrogens with one attached hydrogen (secondary N) is 1. The van der Waals surface area contributed by atoms with Gasteiger partial charge in [-0.05, 0) is 18.2 Å². The molecule has 1 aromatic heterocycles. The Morgan fingerprint density at radius 3 is 2.93 bits per heavy atom. The summed E-state index contributed by atoms with van der Waals surface area (Å²) < 4.78 is 1.02. The zero-order chi connectivity index (χ0) is 10.1. The quantitative estimate of drug-likeness (QED) is 0.520. The van der Waals surface area contributed by atoms with Gasteiger partial charge < -0.3 is 10.5 Å². The Balaban J connectivity index is 2.67. The molecule has 14 heavy (non-hydrogen) atoms. The second kappa shape index (κ2) is 3.28. The first-order valence-electron chi connectivity index (χ1n) is 3.93. The van der Waals surface area contributed by atoms with Crippen molar-refractivity contribution < 1.29 is 9.90 Å². The van der Waals surface area contributed by atoms with Crippen molar-refractivity contribution in [2.24, 2.45) is 5.84 Å². The van der Waals surface area contributed by atoms with Gasteiger partial charge in [0, 0.05) is 15.5 Å². The summed E-state index contributed by atoms with van der Waals surface area (Å²) in [5, 5.41) is 11.5. The van der Waals surface area contributed by atoms with Crippen molar-refractivity contribution in [3.05, 3.63) is 29.1 Å². The lowest BCUT2D eigenvalue weighted by Gasteiger charge is -1.98. The fraction of sp³-hybridized carbons (Fsp3) is 0. The predicted octanol–water partition coefficient (Wildman–Crippen LogP) is 1.89. The number of carbonyl (C=O) groups is 1. The zero-order valence-corrected chi connectivity index (χ0v) is 7.97. The van der Waals surface area contributed by atoms with Crippen LogP contribution < -0.4 is 11.3 Å². The fourth-order valence-corrected chi connectivity index (χ4v) is 2.16. The average Bonchev–Trinajstić information content (AvgIpc) is 2.59. The molecule has 4 N–H and O–H groups in total. The summed E-state index contributed by atoms with van der Waals surface area (Å²) in [5.74, 6) is 4.37. The lowest BCUT2D eigenvalue weighted by molar-refractivity contribution is 0.0697. The SMILES string of the molecule is NNc1csc2ccc(C(=O)O)cc12. The maximum absolute atomic E-state index is 10.7. The smallest absolute Gasteiger partial charge is 0.335 e. The Morgan fingerprint density at radius 1 is 1.50 bits per heavy atom. The third-order valence-corrected chi connectivity index (χ3v) is 2.94. The summed E-state index contributed by atoms with van der Waals surface area (Å²) in [6, 6.07) is 4.98. The highest BCUT2D eigenvalue weighted by Crippen LogP contribution is 2.30. The highest BCUT2D eigenvalue weighted by molar-refractivity contribution is 7.17. The van der Waals surface area contributed by atoms with Crippen LogP contribution in [0.15, 0.2) is 23.6 Å². The number of hydrazine groups is 1. The first-order valence-corrected chi connectivity index (χ1v) is 4.81. The molecule has 0 atom stereocenters. The molecule has 0 radical (unpaired) electrons. The van der Waals surface area contributed by atoms with Crippen molar-refractivity contribution in [3.63, 3.8) is 0 Å². The van der Waals surface area contributed by atoms with E-state index in [1.807, 2.05) is 5.38 Å². The number of carboxylic acids is 1. The number of fused-ring (bicyclic) bond motifs is 1. The number of thiophene rings is 1. The first-order chi connectivity index (χ1) is 6.72. The lowest BCUT2D eigenvalue weighted by Crippen LogP contribution is -2.05. The van der Waals surface area contributed by atoms with Crippen LogP contribution in [-0.2, 0) is 0 Å². The molecule has 1 heterocycles. The topological polar surface area (TPSA) is 75.3 Å². The van der Waals surface area contributed by atoms with Crippen LogP contribution in [0.5, 0.6) is 0 Å². The Kier molecular flexibility index (Phi) is 2.11. The van der Waals surface area contributed by atoms with E-state index in [1.165, 1.54) is 11.3 Å². The number of aromatic carboxylic acids is 1. The molecule has 5 heteroatoms. The molecule has 0 fully saturated rings. The average molecular weight is 208 g/mol. The molecule has 0 spiro atoms. The molecule has 4 nitrogen and oxygen atoms in total. The summed E-state index contributed by atoms with van der Waals surface area (Å²) in [5.41, 5.74) is 3.56. The van der Waals surface area contributed by atoms with Crippen LogP contribution in [0, 0.1) is 0 Å². The van der Waals surface area contributed by atoms with E-state index in [-0.39, 0.29) is 5.56 Å². The monoisotopic (exact) mass is 208 g/mol. The summed E-state index contributed by atoms with van der Waals surface area (Å²) >= 11 is 1.52. The summed E-state index contributed by atoms with van der Waals surface area (Å²) in [6.45, 7) is 0. The van der Waals surface area contributed by atoms with E-state index >= 15 is 0 Å². The third kappa shape index (κ3) is 1.32. The van der Waals surface area contributed by atoms with Crippen molar-refractivity contribution in [3.8, 4) is 0 Å². The van der Waals surface area contributed by atoms with Crippen molar-refractivity contribution in [2.45, 2.75) is 0 Å². The van der Waals surface area contributed by atoms with Gasteiger partial charge in [-0.3, -0.25) is 5.84 Å². The molecule has 0 aliphatic rings. The van der Waals surface area contributed by atoms with E-state index < -0.39 is 5.97 Å². The van der Waals surface area contributed by atoms with E-state index in [0.717, 1.165) is 15.8 Å². The zero-order valence-electron chi connectivity index (χ0n) is 7.15. The van der Waals surface area contributed by atoms with Crippen molar-refractivity contribution in [1.29, 1.82) is 0 Å². The Labute approximate surface area is 83.9 Å². The van der Waals surface area contributed by atoms with Crippen LogP contribution in [0.4, 0.5) is 5.69 Å². The minimum Gasteiger partial charge on any atom is -0.478 e. The molecule has 2 rings (SSSR count). The molecule has 0 aliphatic carbocycles. The van der Waals surface area contributed by atoms with Gasteiger partial charge in [0.25, 0.3) is 0 Å². The second-order valence-corrected chi connectivity index (χ2v) is 3.72. The van der Waals surface area contributed by atoms with Crippen LogP contribution in [-0.4, -0.2) is 11.1 Å². The summed E-state index contributed by atoms with van der Waals surface area (Å²) in [4.78, 5) is 10.7. The maximum atomic E-state index is 10.7. The molecule has 0 saturated heterocycles. The van der Waals surface area contributed by atoms with Gasteiger partial charge in [0.1, 0.15) is 0 Å². The van der Waals surface area contributed by atoms with Gasteiger partial charge >= 0.3 is 5.97 Å². The number of carboxylic acid groups (broad SMARTS) is 1. The van der Waals surface area contributed by atoms with Crippen molar-refractivity contribution in [1.82, 2.24) is 0 Å². The van der Waals surface area contributed by atoms with E-state index in [9.17, 15) is 4.79 Å². The number of nitrogens with two attached hydrogens (primary N) is 1. The number of hydrogen-bond donors (Lipinski definition) is 3. The molecule has 0 saturated carbocycles. The molecule has 72 valence electrons. The van der Waals surface area contributed by atoms with Crippen LogP contribution in [0.1, 0.15) is 10.4 Å². The molecule has 1 aromatic carbocycles. The molecular formula is C9H8N2O2S. The minimum atomic E-state index is -0.930. The van der Waals surface area contributed by atoms with Crippen LogP contribution in [0.3, 0.4) is 0 Å². The minimum absolute atomic E-state index is 0.271. The molecule has 0 unspecified atom stereocenters. The Morgan fingerprint density at radius 2 is 2.29 bits per heavy atom. The first kappa shape index (κ1) is 8.98. The third-order valence-electron chi connectivity index (χ3n) is 1.98. The largest absolute Gasteiger partial charge is 0.478 e. The maximum Gasteiger partial charge on any atom is 0.335 e. The van der Waals surface area contributed by atoms with Crippen molar-refractivity contribution in [2.75, 3.05) is 5.43 Å². The van der Waals surface area contributed by atoms with Gasteiger partial charge in [-0.2, -0.15) is 0 Å². The van der Waals surface area contributed by atoms with Gasteiger partial charge in [0.15, 0.2) is 0 Å². The van der Waals surface area contributed by atoms with Crippen LogP contribution >= 0.6 is 11.3 Å². The van der Waals surface area contributed by atoms with Crippen LogP contribution in [0.2, 0.25) is 0 Å². The molecule has 0 aliphatic heterocycles. The molecule has 0 bridgehead atoms. The molecular weight excluding hydrogens is 200 g/mol. The van der Waals surface area contributed by atoms with Gasteiger partial charge in [0.2, 0.25) is 0 Å². The molecule has 0 amide bonds. The Bertz CT molecular complexity index is 493. The van der Waals surface area contributed by atoms with Crippen molar-refractivity contribution >= 4 is 33.1 Å². The number of anilines is 1. The highest BCUT2D eigenvalue weighted by Gasteiger charge is 2.07. The van der Waals surface area contributed by atoms with E-state index in [4.69, 9.17) is 10.9 Å². The van der Waals surface area contributed by atoms with Gasteiger partial charge in [0.05, 0.1) is 11.3 Å². The molecule has 2 aromatic rings. The highest BCUT2D eigenvalue weighted by atomic mass is 32.1. The van der Waals surface area contributed by atoms with E-state index in [2.05, 4.69) is 5.43 Å². The Hall–Kier alpha value is -1.59. The van der Waals surface area contributed by atoms with E-state index in [1.54, 1.807) is 18.2 Å². The van der Waals surface area contributed by atoms with Gasteiger partial charge in [-0.15, -0.1) is 11.3 Å². The fourth-order valence-electron chi connectivity index (χ4n) is 1.27. The van der Waals surface area contributed by atoms with Crippen LogP contribution in [0.25, 0.3) is 10.1 Å². The number of hydrogen-bond acceptors (Lipinski definition) is 4. The number of nitrogen functional groups attached to an aromatic ring is 1.